The van der Waals surface area contributed by atoms with Gasteiger partial charge in [0.25, 0.3) is 0 Å². The van der Waals surface area contributed by atoms with Crippen LogP contribution in [0.3, 0.4) is 0 Å². The molecular formula is C13H8BrCl2FO. The van der Waals surface area contributed by atoms with Crippen molar-refractivity contribution in [1.29, 1.82) is 0 Å². The van der Waals surface area contributed by atoms with Crippen LogP contribution < -0.4 is 4.74 Å². The second-order valence-electron chi connectivity index (χ2n) is 3.58. The third-order valence-corrected chi connectivity index (χ3v) is 3.94. The normalized spacial score (nSPS) is 10.4. The first-order valence-corrected chi connectivity index (χ1v) is 6.63. The molecule has 0 bridgehead atoms. The van der Waals surface area contributed by atoms with E-state index in [1.807, 2.05) is 0 Å². The molecule has 0 heterocycles. The molecule has 0 unspecified atom stereocenters. The van der Waals surface area contributed by atoms with Crippen LogP contribution in [0, 0.1) is 5.82 Å². The van der Waals surface area contributed by atoms with Gasteiger partial charge in [-0.2, -0.15) is 0 Å². The highest BCUT2D eigenvalue weighted by molar-refractivity contribution is 9.10. The van der Waals surface area contributed by atoms with Crippen molar-refractivity contribution >= 4 is 39.1 Å². The summed E-state index contributed by atoms with van der Waals surface area (Å²) in [5, 5.41) is 0.892. The summed E-state index contributed by atoms with van der Waals surface area (Å²) in [6.07, 6.45) is 0. The van der Waals surface area contributed by atoms with Crippen molar-refractivity contribution in [3.05, 3.63) is 62.3 Å². The molecule has 2 aromatic carbocycles. The lowest BCUT2D eigenvalue weighted by atomic mass is 10.2. The van der Waals surface area contributed by atoms with Crippen molar-refractivity contribution in [1.82, 2.24) is 0 Å². The van der Waals surface area contributed by atoms with Crippen LogP contribution in [0.5, 0.6) is 5.75 Å². The first kappa shape index (κ1) is 13.7. The molecule has 0 aliphatic heterocycles. The maximum absolute atomic E-state index is 13.3. The number of benzene rings is 2. The molecule has 0 saturated heterocycles. The Morgan fingerprint density at radius 1 is 1.11 bits per heavy atom. The Hall–Kier alpha value is -0.770. The summed E-state index contributed by atoms with van der Waals surface area (Å²) in [6.45, 7) is 0.246. The van der Waals surface area contributed by atoms with Gasteiger partial charge < -0.3 is 4.74 Å². The number of hydrogen-bond donors (Lipinski definition) is 0. The second kappa shape index (κ2) is 5.91. The topological polar surface area (TPSA) is 9.23 Å². The average Bonchev–Trinajstić information content (AvgIpc) is 2.35. The average molecular weight is 350 g/mol. The lowest BCUT2D eigenvalue weighted by Gasteiger charge is -2.09. The van der Waals surface area contributed by atoms with E-state index < -0.39 is 0 Å². The van der Waals surface area contributed by atoms with Crippen LogP contribution in [0.4, 0.5) is 4.39 Å². The molecule has 0 fully saturated rings. The molecule has 0 aliphatic carbocycles. The van der Waals surface area contributed by atoms with Crippen LogP contribution in [0.1, 0.15) is 5.56 Å². The first-order chi connectivity index (χ1) is 8.58. The number of hydrogen-bond acceptors (Lipinski definition) is 1. The van der Waals surface area contributed by atoms with Crippen molar-refractivity contribution in [2.45, 2.75) is 6.61 Å². The fourth-order valence-corrected chi connectivity index (χ4v) is 2.05. The molecular weight excluding hydrogens is 342 g/mol. The highest BCUT2D eigenvalue weighted by atomic mass is 79.9. The van der Waals surface area contributed by atoms with Gasteiger partial charge >= 0.3 is 0 Å². The smallest absolute Gasteiger partial charge is 0.137 e. The van der Waals surface area contributed by atoms with Gasteiger partial charge in [-0.3, -0.25) is 0 Å². The highest BCUT2D eigenvalue weighted by Crippen LogP contribution is 2.27. The van der Waals surface area contributed by atoms with E-state index in [1.54, 1.807) is 30.3 Å². The van der Waals surface area contributed by atoms with Crippen LogP contribution >= 0.6 is 39.1 Å². The van der Waals surface area contributed by atoms with E-state index in [0.717, 1.165) is 5.56 Å². The van der Waals surface area contributed by atoms with Gasteiger partial charge in [0.1, 0.15) is 18.2 Å². The second-order valence-corrected chi connectivity index (χ2v) is 5.18. The molecule has 18 heavy (non-hydrogen) atoms. The van der Waals surface area contributed by atoms with Crippen molar-refractivity contribution in [3.63, 3.8) is 0 Å². The number of halogens is 4. The summed E-state index contributed by atoms with van der Waals surface area (Å²) in [5.41, 5.74) is 0.723. The Kier molecular flexibility index (Phi) is 4.49. The van der Waals surface area contributed by atoms with Gasteiger partial charge in [-0.05, 0) is 34.1 Å². The Bertz CT molecular complexity index is 575. The van der Waals surface area contributed by atoms with E-state index in [1.165, 1.54) is 6.07 Å². The maximum Gasteiger partial charge on any atom is 0.137 e. The van der Waals surface area contributed by atoms with E-state index in [-0.39, 0.29) is 12.4 Å². The fourth-order valence-electron chi connectivity index (χ4n) is 1.39. The predicted molar refractivity (Wildman–Crippen MR) is 74.9 cm³/mol. The quantitative estimate of drug-likeness (QED) is 0.713. The zero-order valence-electron chi connectivity index (χ0n) is 9.09. The third-order valence-electron chi connectivity index (χ3n) is 2.32. The van der Waals surface area contributed by atoms with E-state index in [4.69, 9.17) is 27.9 Å². The molecule has 0 atom stereocenters. The van der Waals surface area contributed by atoms with Crippen molar-refractivity contribution < 1.29 is 9.13 Å². The molecule has 0 radical (unpaired) electrons. The minimum Gasteiger partial charge on any atom is -0.489 e. The summed E-state index contributed by atoms with van der Waals surface area (Å²) in [4.78, 5) is 0. The van der Waals surface area contributed by atoms with Crippen molar-refractivity contribution in [2.75, 3.05) is 0 Å². The molecule has 0 amide bonds. The molecule has 0 aliphatic rings. The Balaban J connectivity index is 2.11. The molecule has 94 valence electrons. The van der Waals surface area contributed by atoms with Gasteiger partial charge in [0.05, 0.1) is 14.5 Å². The monoisotopic (exact) mass is 348 g/mol. The molecule has 2 aromatic rings. The summed E-state index contributed by atoms with van der Waals surface area (Å²) >= 11 is 14.8. The third kappa shape index (κ3) is 3.16. The molecule has 1 nitrogen and oxygen atoms in total. The SMILES string of the molecule is Fc1cccc(COc2ccc(Cl)c(Cl)c2)c1Br. The van der Waals surface area contributed by atoms with Crippen molar-refractivity contribution in [2.24, 2.45) is 0 Å². The van der Waals surface area contributed by atoms with Gasteiger partial charge in [-0.25, -0.2) is 4.39 Å². The Morgan fingerprint density at radius 3 is 2.61 bits per heavy atom. The van der Waals surface area contributed by atoms with Crippen LogP contribution in [0.15, 0.2) is 40.9 Å². The fraction of sp³-hybridized carbons (Fsp3) is 0.0769. The highest BCUT2D eigenvalue weighted by Gasteiger charge is 2.06. The van der Waals surface area contributed by atoms with Gasteiger partial charge in [0.2, 0.25) is 0 Å². The number of rotatable bonds is 3. The van der Waals surface area contributed by atoms with E-state index in [2.05, 4.69) is 15.9 Å². The lowest BCUT2D eigenvalue weighted by molar-refractivity contribution is 0.304. The minimum absolute atomic E-state index is 0.246. The zero-order valence-corrected chi connectivity index (χ0v) is 12.2. The lowest BCUT2D eigenvalue weighted by Crippen LogP contribution is -1.97. The van der Waals surface area contributed by atoms with Crippen molar-refractivity contribution in [3.8, 4) is 5.75 Å². The predicted octanol–water partition coefficient (Wildman–Crippen LogP) is 5.47. The zero-order chi connectivity index (χ0) is 13.1. The van der Waals surface area contributed by atoms with Crippen LogP contribution in [0.25, 0.3) is 0 Å². The van der Waals surface area contributed by atoms with E-state index in [0.29, 0.717) is 20.3 Å². The molecule has 5 heteroatoms. The van der Waals surface area contributed by atoms with Crippen LogP contribution in [0.2, 0.25) is 10.0 Å². The molecule has 0 spiro atoms. The molecule has 2 rings (SSSR count). The van der Waals surface area contributed by atoms with Gasteiger partial charge in [-0.15, -0.1) is 0 Å². The van der Waals surface area contributed by atoms with Gasteiger partial charge in [0.15, 0.2) is 0 Å². The molecule has 0 saturated carbocycles. The Labute approximate surface area is 123 Å². The largest absolute Gasteiger partial charge is 0.489 e. The summed E-state index contributed by atoms with van der Waals surface area (Å²) < 4.78 is 19.2. The summed E-state index contributed by atoms with van der Waals surface area (Å²) in [7, 11) is 0. The number of ether oxygens (including phenoxy) is 1. The van der Waals surface area contributed by atoms with E-state index >= 15 is 0 Å². The maximum atomic E-state index is 13.3. The van der Waals surface area contributed by atoms with Gasteiger partial charge in [-0.1, -0.05) is 35.3 Å². The molecule has 0 aromatic heterocycles. The molecule has 0 N–H and O–H groups in total. The summed E-state index contributed by atoms with van der Waals surface area (Å²) in [6, 6.07) is 9.78. The Morgan fingerprint density at radius 2 is 1.89 bits per heavy atom. The van der Waals surface area contributed by atoms with Gasteiger partial charge in [0, 0.05) is 11.6 Å². The van der Waals surface area contributed by atoms with Crippen LogP contribution in [-0.2, 0) is 6.61 Å². The van der Waals surface area contributed by atoms with E-state index in [9.17, 15) is 4.39 Å². The van der Waals surface area contributed by atoms with Crippen LogP contribution in [-0.4, -0.2) is 0 Å². The minimum atomic E-state index is -0.315. The summed E-state index contributed by atoms with van der Waals surface area (Å²) in [5.74, 6) is 0.269. The standard InChI is InChI=1S/C13H8BrCl2FO/c14-13-8(2-1-3-12(13)17)7-18-9-4-5-10(15)11(16)6-9/h1-6H,7H2. The first-order valence-electron chi connectivity index (χ1n) is 5.08.